The van der Waals surface area contributed by atoms with Crippen LogP contribution in [0.25, 0.3) is 0 Å². The second-order valence-corrected chi connectivity index (χ2v) is 5.95. The van der Waals surface area contributed by atoms with Gasteiger partial charge in [0, 0.05) is 4.90 Å². The summed E-state index contributed by atoms with van der Waals surface area (Å²) in [6.07, 6.45) is 1.07. The van der Waals surface area contributed by atoms with Gasteiger partial charge in [0.05, 0.1) is 11.4 Å². The molecule has 3 heteroatoms. The van der Waals surface area contributed by atoms with E-state index in [9.17, 15) is 4.79 Å². The van der Waals surface area contributed by atoms with Crippen molar-refractivity contribution in [1.82, 2.24) is 4.90 Å². The number of thioether (sulfide) groups is 1. The highest BCUT2D eigenvalue weighted by molar-refractivity contribution is 7.99. The van der Waals surface area contributed by atoms with Crippen molar-refractivity contribution < 1.29 is 4.79 Å². The minimum atomic E-state index is -0.150. The summed E-state index contributed by atoms with van der Waals surface area (Å²) in [6.45, 7) is 2.96. The quantitative estimate of drug-likeness (QED) is 0.793. The average Bonchev–Trinajstić information content (AvgIpc) is 2.53. The molecule has 2 atom stereocenters. The molecule has 0 spiro atoms. The van der Waals surface area contributed by atoms with Crippen molar-refractivity contribution in [3.05, 3.63) is 65.7 Å². The summed E-state index contributed by atoms with van der Waals surface area (Å²) in [5.74, 6) is 0. The fourth-order valence-electron chi connectivity index (χ4n) is 2.74. The summed E-state index contributed by atoms with van der Waals surface area (Å²) >= 11 is 1.83. The Labute approximate surface area is 123 Å². The highest BCUT2D eigenvalue weighted by Crippen LogP contribution is 2.48. The molecule has 3 rings (SSSR count). The van der Waals surface area contributed by atoms with Crippen molar-refractivity contribution in [2.45, 2.75) is 23.2 Å². The molecular weight excluding hydrogens is 266 g/mol. The normalized spacial score (nSPS) is 22.2. The van der Waals surface area contributed by atoms with E-state index in [4.69, 9.17) is 0 Å². The summed E-state index contributed by atoms with van der Waals surface area (Å²) < 4.78 is 0. The zero-order valence-electron chi connectivity index (χ0n) is 11.4. The van der Waals surface area contributed by atoms with Gasteiger partial charge in [0.2, 0.25) is 0 Å². The number of hydrogen-bond donors (Lipinski definition) is 0. The van der Waals surface area contributed by atoms with Gasteiger partial charge >= 0.3 is 0 Å². The van der Waals surface area contributed by atoms with E-state index in [1.54, 1.807) is 0 Å². The van der Waals surface area contributed by atoms with E-state index in [-0.39, 0.29) is 11.4 Å². The Balaban J connectivity index is 2.07. The van der Waals surface area contributed by atoms with Gasteiger partial charge in [-0.15, -0.1) is 11.8 Å². The van der Waals surface area contributed by atoms with Crippen LogP contribution in [0.4, 0.5) is 0 Å². The lowest BCUT2D eigenvalue weighted by Crippen LogP contribution is -2.35. The molecule has 2 unspecified atom stereocenters. The van der Waals surface area contributed by atoms with E-state index in [1.807, 2.05) is 30.0 Å². The Morgan fingerprint density at radius 3 is 2.50 bits per heavy atom. The van der Waals surface area contributed by atoms with E-state index in [1.165, 1.54) is 10.5 Å². The standard InChI is InChI=1S/C17H17NOS/c1-2-18-15(12-19)14-10-6-7-11-16(14)20-17(18)13-8-4-3-5-9-13/h3-12,15,17H,2H2,1H3. The van der Waals surface area contributed by atoms with Gasteiger partial charge in [0.15, 0.2) is 0 Å². The zero-order valence-corrected chi connectivity index (χ0v) is 12.2. The van der Waals surface area contributed by atoms with Gasteiger partial charge in [-0.3, -0.25) is 4.90 Å². The number of rotatable bonds is 3. The van der Waals surface area contributed by atoms with Crippen LogP contribution in [0.3, 0.4) is 0 Å². The number of carbonyl (C=O) groups excluding carboxylic acids is 1. The van der Waals surface area contributed by atoms with Crippen molar-refractivity contribution in [3.63, 3.8) is 0 Å². The topological polar surface area (TPSA) is 20.3 Å². The Kier molecular flexibility index (Phi) is 3.90. The molecule has 1 aliphatic heterocycles. The average molecular weight is 283 g/mol. The second kappa shape index (κ2) is 5.81. The van der Waals surface area contributed by atoms with Crippen LogP contribution >= 0.6 is 11.8 Å². The van der Waals surface area contributed by atoms with Crippen LogP contribution < -0.4 is 0 Å². The molecule has 0 radical (unpaired) electrons. The summed E-state index contributed by atoms with van der Waals surface area (Å²) in [7, 11) is 0. The van der Waals surface area contributed by atoms with Crippen molar-refractivity contribution in [2.24, 2.45) is 0 Å². The Morgan fingerprint density at radius 1 is 1.10 bits per heavy atom. The van der Waals surface area contributed by atoms with Gasteiger partial charge < -0.3 is 4.79 Å². The number of nitrogens with zero attached hydrogens (tertiary/aromatic N) is 1. The van der Waals surface area contributed by atoms with E-state index in [0.29, 0.717) is 0 Å². The molecule has 1 heterocycles. The molecule has 2 aromatic carbocycles. The third kappa shape index (κ3) is 2.28. The maximum atomic E-state index is 11.6. The fraction of sp³-hybridized carbons (Fsp3) is 0.235. The Morgan fingerprint density at radius 2 is 1.80 bits per heavy atom. The van der Waals surface area contributed by atoms with Crippen LogP contribution in [0.2, 0.25) is 0 Å². The summed E-state index contributed by atoms with van der Waals surface area (Å²) in [5, 5.41) is 0.200. The first-order chi connectivity index (χ1) is 9.85. The molecule has 0 amide bonds. The van der Waals surface area contributed by atoms with Gasteiger partial charge in [-0.1, -0.05) is 55.5 Å². The van der Waals surface area contributed by atoms with Crippen LogP contribution in [0.15, 0.2) is 59.5 Å². The molecule has 0 aromatic heterocycles. The van der Waals surface area contributed by atoms with E-state index < -0.39 is 0 Å². The van der Waals surface area contributed by atoms with Crippen LogP contribution in [-0.4, -0.2) is 17.7 Å². The largest absolute Gasteiger partial charge is 0.301 e. The Hall–Kier alpha value is -1.58. The lowest BCUT2D eigenvalue weighted by molar-refractivity contribution is -0.113. The van der Waals surface area contributed by atoms with Crippen LogP contribution in [-0.2, 0) is 4.79 Å². The van der Waals surface area contributed by atoms with Gasteiger partial charge in [-0.05, 0) is 23.7 Å². The minimum Gasteiger partial charge on any atom is -0.301 e. The van der Waals surface area contributed by atoms with Crippen molar-refractivity contribution >= 4 is 18.0 Å². The van der Waals surface area contributed by atoms with Gasteiger partial charge in [-0.2, -0.15) is 0 Å². The first-order valence-corrected chi connectivity index (χ1v) is 7.74. The first-order valence-electron chi connectivity index (χ1n) is 6.86. The minimum absolute atomic E-state index is 0.150. The summed E-state index contributed by atoms with van der Waals surface area (Å²) in [4.78, 5) is 15.1. The van der Waals surface area contributed by atoms with E-state index in [2.05, 4.69) is 48.2 Å². The lowest BCUT2D eigenvalue weighted by Gasteiger charge is -2.40. The van der Waals surface area contributed by atoms with Crippen molar-refractivity contribution in [1.29, 1.82) is 0 Å². The third-order valence-electron chi connectivity index (χ3n) is 3.71. The molecule has 0 saturated heterocycles. The molecule has 2 nitrogen and oxygen atoms in total. The molecule has 2 aromatic rings. The van der Waals surface area contributed by atoms with Crippen LogP contribution in [0, 0.1) is 0 Å². The molecule has 0 bridgehead atoms. The number of aldehydes is 1. The van der Waals surface area contributed by atoms with Crippen LogP contribution in [0.1, 0.15) is 29.5 Å². The molecule has 20 heavy (non-hydrogen) atoms. The Bertz CT molecular complexity index is 599. The number of benzene rings is 2. The van der Waals surface area contributed by atoms with Gasteiger partial charge in [-0.25, -0.2) is 0 Å². The molecular formula is C17H17NOS. The zero-order chi connectivity index (χ0) is 13.9. The number of carbonyl (C=O) groups is 1. The molecule has 0 fully saturated rings. The highest BCUT2D eigenvalue weighted by atomic mass is 32.2. The molecule has 102 valence electrons. The SMILES string of the molecule is CCN1C(C=O)c2ccccc2SC1c1ccccc1. The molecule has 0 aliphatic carbocycles. The second-order valence-electron chi connectivity index (χ2n) is 4.83. The number of hydrogen-bond acceptors (Lipinski definition) is 3. The molecule has 0 saturated carbocycles. The highest BCUT2D eigenvalue weighted by Gasteiger charge is 2.34. The molecule has 0 N–H and O–H groups in total. The summed E-state index contributed by atoms with van der Waals surface area (Å²) in [6, 6.07) is 18.5. The third-order valence-corrected chi connectivity index (χ3v) is 5.11. The van der Waals surface area contributed by atoms with E-state index in [0.717, 1.165) is 18.4 Å². The van der Waals surface area contributed by atoms with Crippen LogP contribution in [0.5, 0.6) is 0 Å². The predicted molar refractivity (Wildman–Crippen MR) is 82.7 cm³/mol. The molecule has 1 aliphatic rings. The van der Waals surface area contributed by atoms with Crippen molar-refractivity contribution in [2.75, 3.05) is 6.54 Å². The summed E-state index contributed by atoms with van der Waals surface area (Å²) in [5.41, 5.74) is 2.38. The predicted octanol–water partition coefficient (Wildman–Crippen LogP) is 4.05. The van der Waals surface area contributed by atoms with E-state index >= 15 is 0 Å². The maximum absolute atomic E-state index is 11.6. The smallest absolute Gasteiger partial charge is 0.141 e. The first kappa shape index (κ1) is 13.4. The monoisotopic (exact) mass is 283 g/mol. The maximum Gasteiger partial charge on any atom is 0.141 e. The number of likely N-dealkylation sites (N-methyl/N-ethyl adjacent to an activating group) is 1. The fourth-order valence-corrected chi connectivity index (χ4v) is 4.17. The number of fused-ring (bicyclic) bond motifs is 1. The van der Waals surface area contributed by atoms with Gasteiger partial charge in [0.25, 0.3) is 0 Å². The lowest BCUT2D eigenvalue weighted by atomic mass is 10.0. The van der Waals surface area contributed by atoms with Gasteiger partial charge in [0.1, 0.15) is 6.29 Å². The van der Waals surface area contributed by atoms with Crippen molar-refractivity contribution in [3.8, 4) is 0 Å².